The highest BCUT2D eigenvalue weighted by atomic mass is 19.1. The fraction of sp³-hybridized carbons (Fsp3) is 0.222. The minimum atomic E-state index is -0.293. The van der Waals surface area contributed by atoms with Crippen molar-refractivity contribution < 1.29 is 14.3 Å². The predicted octanol–water partition coefficient (Wildman–Crippen LogP) is 6.65. The van der Waals surface area contributed by atoms with Gasteiger partial charge < -0.3 is 15.0 Å². The summed E-state index contributed by atoms with van der Waals surface area (Å²) in [4.78, 5) is 13.6. The van der Waals surface area contributed by atoms with Crippen molar-refractivity contribution in [1.29, 1.82) is 0 Å². The second kappa shape index (κ2) is 8.87. The van der Waals surface area contributed by atoms with Gasteiger partial charge in [0.1, 0.15) is 11.6 Å². The molecule has 0 bridgehead atoms. The molecule has 0 fully saturated rings. The van der Waals surface area contributed by atoms with E-state index in [1.807, 2.05) is 13.1 Å². The number of hydrogen-bond donors (Lipinski definition) is 2. The van der Waals surface area contributed by atoms with E-state index in [4.69, 9.17) is 0 Å². The first-order valence-electron chi connectivity index (χ1n) is 10.8. The molecule has 4 nitrogen and oxygen atoms in total. The lowest BCUT2D eigenvalue weighted by molar-refractivity contribution is 0.102. The van der Waals surface area contributed by atoms with Crippen LogP contribution in [0.4, 0.5) is 10.1 Å². The number of nitrogens with one attached hydrogen (secondary N) is 1. The van der Waals surface area contributed by atoms with Gasteiger partial charge in [0.25, 0.3) is 5.91 Å². The van der Waals surface area contributed by atoms with E-state index >= 15 is 0 Å². The number of hydrogen-bond acceptors (Lipinski definition) is 2. The second-order valence-electron chi connectivity index (χ2n) is 8.36. The fourth-order valence-electron chi connectivity index (χ4n) is 4.42. The summed E-state index contributed by atoms with van der Waals surface area (Å²) in [5.41, 5.74) is 5.92. The first-order chi connectivity index (χ1) is 15.4. The minimum Gasteiger partial charge on any atom is -0.508 e. The van der Waals surface area contributed by atoms with Gasteiger partial charge in [-0.2, -0.15) is 0 Å². The summed E-state index contributed by atoms with van der Waals surface area (Å²) in [5, 5.41) is 12.6. The molecular formula is C27H27FN2O2. The Bertz CT molecular complexity index is 1200. The maximum absolute atomic E-state index is 13.7. The van der Waals surface area contributed by atoms with Gasteiger partial charge in [-0.25, -0.2) is 4.39 Å². The van der Waals surface area contributed by atoms with Crippen LogP contribution in [-0.2, 0) is 7.05 Å². The molecule has 1 amide bonds. The standard InChI is InChI=1S/C27H27FN2O2/c1-17(2)25-24(27(32)29-21-13-15-22(31)16-14-21)23(18-7-5-4-6-8-18)26(30(25)3)19-9-11-20(28)12-10-19/h4-5,7,9-17,31H,6,8H2,1-3H3,(H,29,32). The van der Waals surface area contributed by atoms with E-state index < -0.39 is 0 Å². The van der Waals surface area contributed by atoms with Crippen molar-refractivity contribution in [1.82, 2.24) is 4.57 Å². The van der Waals surface area contributed by atoms with Gasteiger partial charge in [0, 0.05) is 24.0 Å². The number of amides is 1. The number of aromatic nitrogens is 1. The quantitative estimate of drug-likeness (QED) is 0.446. The summed E-state index contributed by atoms with van der Waals surface area (Å²) in [6.45, 7) is 4.14. The Labute approximate surface area is 187 Å². The smallest absolute Gasteiger partial charge is 0.258 e. The van der Waals surface area contributed by atoms with E-state index in [0.717, 1.165) is 40.9 Å². The number of nitrogens with zero attached hydrogens (tertiary/aromatic N) is 1. The molecule has 32 heavy (non-hydrogen) atoms. The average molecular weight is 431 g/mol. The zero-order valence-corrected chi connectivity index (χ0v) is 18.5. The number of anilines is 1. The number of halogens is 1. The van der Waals surface area contributed by atoms with Gasteiger partial charge >= 0.3 is 0 Å². The van der Waals surface area contributed by atoms with Crippen LogP contribution in [0, 0.1) is 5.82 Å². The fourth-order valence-corrected chi connectivity index (χ4v) is 4.42. The first-order valence-corrected chi connectivity index (χ1v) is 10.8. The number of benzene rings is 2. The molecule has 2 N–H and O–H groups in total. The molecule has 4 rings (SSSR count). The van der Waals surface area contributed by atoms with Gasteiger partial charge in [0.05, 0.1) is 11.3 Å². The molecule has 164 valence electrons. The zero-order chi connectivity index (χ0) is 22.8. The molecule has 1 aliphatic carbocycles. The van der Waals surface area contributed by atoms with Gasteiger partial charge in [0.15, 0.2) is 0 Å². The highest BCUT2D eigenvalue weighted by Gasteiger charge is 2.30. The van der Waals surface area contributed by atoms with Crippen molar-refractivity contribution in [2.75, 3.05) is 5.32 Å². The maximum atomic E-state index is 13.7. The Kier molecular flexibility index (Phi) is 5.99. The topological polar surface area (TPSA) is 54.3 Å². The molecule has 0 saturated carbocycles. The van der Waals surface area contributed by atoms with Crippen LogP contribution >= 0.6 is 0 Å². The van der Waals surface area contributed by atoms with Gasteiger partial charge in [-0.05, 0) is 78.4 Å². The minimum absolute atomic E-state index is 0.0910. The highest BCUT2D eigenvalue weighted by Crippen LogP contribution is 2.41. The van der Waals surface area contributed by atoms with Gasteiger partial charge in [-0.15, -0.1) is 0 Å². The van der Waals surface area contributed by atoms with Crippen molar-refractivity contribution in [3.63, 3.8) is 0 Å². The van der Waals surface area contributed by atoms with E-state index in [1.165, 1.54) is 12.1 Å². The predicted molar refractivity (Wildman–Crippen MR) is 127 cm³/mol. The average Bonchev–Trinajstić information content (AvgIpc) is 3.10. The lowest BCUT2D eigenvalue weighted by atomic mass is 9.90. The molecule has 5 heteroatoms. The Morgan fingerprint density at radius 3 is 2.38 bits per heavy atom. The van der Waals surface area contributed by atoms with E-state index in [2.05, 4.69) is 35.9 Å². The van der Waals surface area contributed by atoms with Crippen LogP contribution in [0.3, 0.4) is 0 Å². The Morgan fingerprint density at radius 1 is 1.09 bits per heavy atom. The normalized spacial score (nSPS) is 13.3. The van der Waals surface area contributed by atoms with E-state index in [-0.39, 0.29) is 23.4 Å². The molecule has 1 aliphatic rings. The number of allylic oxidation sites excluding steroid dienone is 4. The molecule has 0 spiro atoms. The number of phenolic OH excluding ortho intramolecular Hbond substituents is 1. The van der Waals surface area contributed by atoms with Crippen molar-refractivity contribution in [2.45, 2.75) is 32.6 Å². The van der Waals surface area contributed by atoms with E-state index in [1.54, 1.807) is 36.4 Å². The maximum Gasteiger partial charge on any atom is 0.258 e. The molecule has 2 aromatic carbocycles. The summed E-state index contributed by atoms with van der Waals surface area (Å²) >= 11 is 0. The summed E-state index contributed by atoms with van der Waals surface area (Å²) in [5.74, 6) is -0.259. The monoisotopic (exact) mass is 430 g/mol. The van der Waals surface area contributed by atoms with Crippen molar-refractivity contribution in [3.8, 4) is 17.0 Å². The second-order valence-corrected chi connectivity index (χ2v) is 8.36. The third-order valence-electron chi connectivity index (χ3n) is 5.79. The van der Waals surface area contributed by atoms with Gasteiger partial charge in [0.2, 0.25) is 0 Å². The molecule has 1 heterocycles. The van der Waals surface area contributed by atoms with Crippen LogP contribution in [-0.4, -0.2) is 15.6 Å². The number of rotatable bonds is 5. The van der Waals surface area contributed by atoms with Crippen LogP contribution < -0.4 is 5.32 Å². The number of phenols is 1. The van der Waals surface area contributed by atoms with Crippen molar-refractivity contribution in [2.24, 2.45) is 7.05 Å². The lowest BCUT2D eigenvalue weighted by Gasteiger charge is -2.15. The SMILES string of the molecule is CC(C)c1c(C(=O)Nc2ccc(O)cc2)c(C2=CC=CCC2)c(-c2ccc(F)cc2)n1C. The largest absolute Gasteiger partial charge is 0.508 e. The van der Waals surface area contributed by atoms with Crippen molar-refractivity contribution >= 4 is 17.2 Å². The van der Waals surface area contributed by atoms with Crippen LogP contribution in [0.25, 0.3) is 16.8 Å². The van der Waals surface area contributed by atoms with E-state index in [0.29, 0.717) is 11.3 Å². The molecule has 0 atom stereocenters. The van der Waals surface area contributed by atoms with Gasteiger partial charge in [-0.1, -0.05) is 32.1 Å². The molecular weight excluding hydrogens is 403 g/mol. The Balaban J connectivity index is 1.94. The first kappa shape index (κ1) is 21.6. The molecule has 0 radical (unpaired) electrons. The van der Waals surface area contributed by atoms with Crippen LogP contribution in [0.5, 0.6) is 5.75 Å². The summed E-state index contributed by atoms with van der Waals surface area (Å²) < 4.78 is 15.7. The van der Waals surface area contributed by atoms with Crippen molar-refractivity contribution in [3.05, 3.63) is 89.4 Å². The summed E-state index contributed by atoms with van der Waals surface area (Å²) in [6.07, 6.45) is 7.93. The number of carbonyl (C=O) groups is 1. The molecule has 0 unspecified atom stereocenters. The number of carbonyl (C=O) groups excluding carboxylic acids is 1. The van der Waals surface area contributed by atoms with E-state index in [9.17, 15) is 14.3 Å². The highest BCUT2D eigenvalue weighted by molar-refractivity contribution is 6.10. The van der Waals surface area contributed by atoms with Crippen LogP contribution in [0.1, 0.15) is 54.2 Å². The van der Waals surface area contributed by atoms with Crippen LogP contribution in [0.2, 0.25) is 0 Å². The Morgan fingerprint density at radius 2 is 1.78 bits per heavy atom. The number of aromatic hydroxyl groups is 1. The molecule has 0 saturated heterocycles. The summed E-state index contributed by atoms with van der Waals surface area (Å²) in [7, 11) is 1.97. The zero-order valence-electron chi connectivity index (χ0n) is 18.5. The third-order valence-corrected chi connectivity index (χ3v) is 5.79. The lowest BCUT2D eigenvalue weighted by Crippen LogP contribution is -2.16. The molecule has 1 aromatic heterocycles. The van der Waals surface area contributed by atoms with Crippen LogP contribution in [0.15, 0.2) is 66.8 Å². The molecule has 3 aromatic rings. The molecule has 0 aliphatic heterocycles. The summed E-state index contributed by atoms with van der Waals surface area (Å²) in [6, 6.07) is 12.9. The Hall–Kier alpha value is -3.60. The van der Waals surface area contributed by atoms with Gasteiger partial charge in [-0.3, -0.25) is 4.79 Å². The third kappa shape index (κ3) is 4.11.